The quantitative estimate of drug-likeness (QED) is 0.180. The van der Waals surface area contributed by atoms with Gasteiger partial charge in [0.15, 0.2) is 0 Å². The van der Waals surface area contributed by atoms with Crippen LogP contribution in [0, 0.1) is 0 Å². The summed E-state index contributed by atoms with van der Waals surface area (Å²) in [5, 5.41) is 1.17. The molecule has 0 nitrogen and oxygen atoms in total. The number of unbranched alkanes of at least 4 members (excludes halogenated alkanes) is 9. The van der Waals surface area contributed by atoms with Gasteiger partial charge in [-0.3, -0.25) is 0 Å². The second kappa shape index (κ2) is 18.0. The molecule has 0 aliphatic heterocycles. The number of allylic oxidation sites excluding steroid dienone is 4. The van der Waals surface area contributed by atoms with Crippen LogP contribution < -0.4 is 0 Å². The van der Waals surface area contributed by atoms with Crippen molar-refractivity contribution in [1.29, 1.82) is 0 Å². The monoisotopic (exact) mass is 328 g/mol. The highest BCUT2D eigenvalue weighted by atomic mass is 79.9. The molecule has 0 N–H and O–H groups in total. The van der Waals surface area contributed by atoms with E-state index in [1.54, 1.807) is 0 Å². The zero-order valence-electron chi connectivity index (χ0n) is 12.9. The van der Waals surface area contributed by atoms with E-state index in [2.05, 4.69) is 47.2 Å². The van der Waals surface area contributed by atoms with Gasteiger partial charge < -0.3 is 0 Å². The second-order valence-electron chi connectivity index (χ2n) is 5.27. The van der Waals surface area contributed by atoms with E-state index < -0.39 is 0 Å². The fourth-order valence-corrected chi connectivity index (χ4v) is 2.48. The molecule has 0 heterocycles. The first-order valence-electron chi connectivity index (χ1n) is 8.27. The number of alkyl halides is 1. The van der Waals surface area contributed by atoms with Gasteiger partial charge in [-0.2, -0.15) is 0 Å². The smallest absolute Gasteiger partial charge is 0.00313 e. The Morgan fingerprint density at radius 1 is 0.632 bits per heavy atom. The third-order valence-corrected chi connectivity index (χ3v) is 3.89. The maximum atomic E-state index is 3.48. The van der Waals surface area contributed by atoms with Gasteiger partial charge in [0.2, 0.25) is 0 Å². The molecule has 0 saturated carbocycles. The fraction of sp³-hybridized carbons (Fsp3) is 0.778. The average molecular weight is 329 g/mol. The van der Waals surface area contributed by atoms with E-state index in [4.69, 9.17) is 0 Å². The lowest BCUT2D eigenvalue weighted by Crippen LogP contribution is -1.80. The summed E-state index contributed by atoms with van der Waals surface area (Å²) in [5.74, 6) is 0. The lowest BCUT2D eigenvalue weighted by molar-refractivity contribution is 0.613. The van der Waals surface area contributed by atoms with Crippen molar-refractivity contribution in [2.24, 2.45) is 0 Å². The first kappa shape index (κ1) is 19.0. The summed E-state index contributed by atoms with van der Waals surface area (Å²) < 4.78 is 0. The minimum atomic E-state index is 1.12. The first-order chi connectivity index (χ1) is 9.41. The molecular weight excluding hydrogens is 296 g/mol. The van der Waals surface area contributed by atoms with Crippen LogP contribution in [-0.2, 0) is 0 Å². The van der Waals surface area contributed by atoms with E-state index in [9.17, 15) is 0 Å². The average Bonchev–Trinajstić information content (AvgIpc) is 2.43. The van der Waals surface area contributed by atoms with Gasteiger partial charge in [-0.25, -0.2) is 0 Å². The summed E-state index contributed by atoms with van der Waals surface area (Å²) in [6.07, 6.45) is 25.3. The van der Waals surface area contributed by atoms with Crippen LogP contribution in [0.25, 0.3) is 0 Å². The Balaban J connectivity index is 3.12. The van der Waals surface area contributed by atoms with Gasteiger partial charge in [-0.1, -0.05) is 85.7 Å². The van der Waals surface area contributed by atoms with Crippen molar-refractivity contribution in [3.05, 3.63) is 24.3 Å². The zero-order valence-corrected chi connectivity index (χ0v) is 14.5. The molecule has 0 aliphatic rings. The van der Waals surface area contributed by atoms with E-state index in [1.165, 1.54) is 76.0 Å². The summed E-state index contributed by atoms with van der Waals surface area (Å²) in [4.78, 5) is 0. The Morgan fingerprint density at radius 3 is 1.74 bits per heavy atom. The highest BCUT2D eigenvalue weighted by Crippen LogP contribution is 2.08. The summed E-state index contributed by atoms with van der Waals surface area (Å²) in [6, 6.07) is 0. The van der Waals surface area contributed by atoms with Crippen LogP contribution in [0.2, 0.25) is 0 Å². The molecule has 0 saturated heterocycles. The van der Waals surface area contributed by atoms with Crippen LogP contribution in [0.15, 0.2) is 24.3 Å². The highest BCUT2D eigenvalue weighted by molar-refractivity contribution is 9.09. The largest absolute Gasteiger partial charge is 0.0928 e. The lowest BCUT2D eigenvalue weighted by Gasteiger charge is -1.98. The van der Waals surface area contributed by atoms with Gasteiger partial charge in [-0.15, -0.1) is 0 Å². The molecule has 0 radical (unpaired) electrons. The molecule has 0 aliphatic carbocycles. The maximum absolute atomic E-state index is 3.48. The van der Waals surface area contributed by atoms with Crippen LogP contribution in [0.5, 0.6) is 0 Å². The van der Waals surface area contributed by atoms with Crippen LogP contribution in [0.4, 0.5) is 0 Å². The van der Waals surface area contributed by atoms with Crippen molar-refractivity contribution in [2.45, 2.75) is 84.0 Å². The molecule has 112 valence electrons. The van der Waals surface area contributed by atoms with Crippen molar-refractivity contribution in [1.82, 2.24) is 0 Å². The molecule has 0 rings (SSSR count). The summed E-state index contributed by atoms with van der Waals surface area (Å²) in [7, 11) is 0. The third-order valence-electron chi connectivity index (χ3n) is 3.33. The Kier molecular flexibility index (Phi) is 17.9. The summed E-state index contributed by atoms with van der Waals surface area (Å²) >= 11 is 3.48. The zero-order chi connectivity index (χ0) is 14.0. The van der Waals surface area contributed by atoms with Crippen LogP contribution in [-0.4, -0.2) is 5.33 Å². The van der Waals surface area contributed by atoms with E-state index in [-0.39, 0.29) is 0 Å². The predicted molar refractivity (Wildman–Crippen MR) is 93.2 cm³/mol. The number of hydrogen-bond acceptors (Lipinski definition) is 0. The molecule has 0 aromatic rings. The molecule has 0 aromatic carbocycles. The van der Waals surface area contributed by atoms with E-state index in [1.807, 2.05) is 0 Å². The molecule has 1 heteroatoms. The standard InChI is InChI=1S/C18H33Br/c1-2-3-4-5-6-7-8-9-10-11-12-13-14-15-16-17-18-19/h6-7,9-10H,2-5,8,11-18H2,1H3/b7-6-,10-9+. The number of rotatable bonds is 14. The topological polar surface area (TPSA) is 0 Å². The van der Waals surface area contributed by atoms with E-state index in [0.717, 1.165) is 6.42 Å². The Labute approximate surface area is 129 Å². The van der Waals surface area contributed by atoms with Gasteiger partial charge in [0.1, 0.15) is 0 Å². The van der Waals surface area contributed by atoms with E-state index >= 15 is 0 Å². The normalized spacial score (nSPS) is 11.9. The molecule has 0 amide bonds. The molecule has 0 bridgehead atoms. The van der Waals surface area contributed by atoms with Crippen molar-refractivity contribution >= 4 is 15.9 Å². The predicted octanol–water partition coefficient (Wildman–Crippen LogP) is 7.19. The minimum absolute atomic E-state index is 1.12. The molecule has 19 heavy (non-hydrogen) atoms. The lowest BCUT2D eigenvalue weighted by atomic mass is 10.1. The maximum Gasteiger partial charge on any atom is 0.00313 e. The van der Waals surface area contributed by atoms with Gasteiger partial charge >= 0.3 is 0 Å². The van der Waals surface area contributed by atoms with Crippen molar-refractivity contribution in [3.63, 3.8) is 0 Å². The highest BCUT2D eigenvalue weighted by Gasteiger charge is 1.89. The van der Waals surface area contributed by atoms with Gasteiger partial charge in [0, 0.05) is 5.33 Å². The van der Waals surface area contributed by atoms with Gasteiger partial charge in [0.05, 0.1) is 0 Å². The molecule has 0 fully saturated rings. The van der Waals surface area contributed by atoms with Crippen LogP contribution in [0.3, 0.4) is 0 Å². The molecule has 0 spiro atoms. The number of halogens is 1. The van der Waals surface area contributed by atoms with Crippen LogP contribution in [0.1, 0.15) is 84.0 Å². The number of hydrogen-bond donors (Lipinski definition) is 0. The second-order valence-corrected chi connectivity index (χ2v) is 6.07. The van der Waals surface area contributed by atoms with Crippen molar-refractivity contribution in [3.8, 4) is 0 Å². The van der Waals surface area contributed by atoms with Gasteiger partial charge in [0.25, 0.3) is 0 Å². The van der Waals surface area contributed by atoms with Crippen LogP contribution >= 0.6 is 15.9 Å². The molecule has 0 unspecified atom stereocenters. The minimum Gasteiger partial charge on any atom is -0.0928 e. The van der Waals surface area contributed by atoms with Crippen molar-refractivity contribution < 1.29 is 0 Å². The summed E-state index contributed by atoms with van der Waals surface area (Å²) in [6.45, 7) is 2.26. The molecular formula is C18H33Br. The molecule has 0 aromatic heterocycles. The summed E-state index contributed by atoms with van der Waals surface area (Å²) in [5.41, 5.74) is 0. The molecule has 0 atom stereocenters. The fourth-order valence-electron chi connectivity index (χ4n) is 2.08. The first-order valence-corrected chi connectivity index (χ1v) is 9.40. The Hall–Kier alpha value is -0.0400. The third kappa shape index (κ3) is 18.0. The Bertz CT molecular complexity index is 206. The van der Waals surface area contributed by atoms with Crippen molar-refractivity contribution in [2.75, 3.05) is 5.33 Å². The van der Waals surface area contributed by atoms with E-state index in [0.29, 0.717) is 0 Å². The SMILES string of the molecule is CCCCC/C=C\C/C=C/CCCCCCCCBr. The Morgan fingerprint density at radius 2 is 1.16 bits per heavy atom. The van der Waals surface area contributed by atoms with Gasteiger partial charge in [-0.05, 0) is 38.5 Å².